The van der Waals surface area contributed by atoms with E-state index in [1.807, 2.05) is 31.2 Å². The fourth-order valence-corrected chi connectivity index (χ4v) is 3.04. The molecule has 0 spiro atoms. The minimum absolute atomic E-state index is 0.0495. The first-order valence-corrected chi connectivity index (χ1v) is 10.7. The lowest BCUT2D eigenvalue weighted by molar-refractivity contribution is -0.122. The molecule has 2 aromatic rings. The summed E-state index contributed by atoms with van der Waals surface area (Å²) in [6, 6.07) is 14.8. The van der Waals surface area contributed by atoms with Gasteiger partial charge in [0.2, 0.25) is 0 Å². The molecule has 6 nitrogen and oxygen atoms in total. The summed E-state index contributed by atoms with van der Waals surface area (Å²) in [5.74, 6) is 0.111. The van der Waals surface area contributed by atoms with Gasteiger partial charge >= 0.3 is 0 Å². The largest absolute Gasteiger partial charge is 0.481 e. The van der Waals surface area contributed by atoms with Crippen molar-refractivity contribution in [1.29, 1.82) is 0 Å². The van der Waals surface area contributed by atoms with Gasteiger partial charge in [-0.3, -0.25) is 9.59 Å². The van der Waals surface area contributed by atoms with Gasteiger partial charge in [-0.15, -0.1) is 0 Å². The molecular weight excluding hydrogens is 392 g/mol. The average Bonchev–Trinajstić information content (AvgIpc) is 2.75. The van der Waals surface area contributed by atoms with Crippen LogP contribution in [0.5, 0.6) is 5.75 Å². The van der Waals surface area contributed by atoms with E-state index in [0.29, 0.717) is 36.6 Å². The Morgan fingerprint density at radius 1 is 1.03 bits per heavy atom. The normalized spacial score (nSPS) is 12.2. The maximum atomic E-state index is 12.9. The molecule has 0 bridgehead atoms. The van der Waals surface area contributed by atoms with Crippen LogP contribution in [0.1, 0.15) is 56.5 Å². The van der Waals surface area contributed by atoms with Gasteiger partial charge in [-0.1, -0.05) is 52.0 Å². The van der Waals surface area contributed by atoms with Gasteiger partial charge in [0.05, 0.1) is 11.3 Å². The molecule has 2 aromatic carbocycles. The van der Waals surface area contributed by atoms with Crippen LogP contribution in [0, 0.1) is 0 Å². The van der Waals surface area contributed by atoms with Crippen molar-refractivity contribution in [3.63, 3.8) is 0 Å². The molecule has 1 atom stereocenters. The topological polar surface area (TPSA) is 76.7 Å². The molecule has 0 aliphatic rings. The number of nitrogens with one attached hydrogen (secondary N) is 2. The smallest absolute Gasteiger partial charge is 0.265 e. The summed E-state index contributed by atoms with van der Waals surface area (Å²) in [6.07, 6.45) is 0.549. The van der Waals surface area contributed by atoms with E-state index in [1.165, 1.54) is 5.56 Å². The second-order valence-corrected chi connectivity index (χ2v) is 8.43. The van der Waals surface area contributed by atoms with Crippen molar-refractivity contribution < 1.29 is 19.1 Å². The van der Waals surface area contributed by atoms with Gasteiger partial charge in [0.25, 0.3) is 11.8 Å². The summed E-state index contributed by atoms with van der Waals surface area (Å²) in [5.41, 5.74) is 2.12. The van der Waals surface area contributed by atoms with Gasteiger partial charge in [0, 0.05) is 20.3 Å². The summed E-state index contributed by atoms with van der Waals surface area (Å²) in [5, 5.41) is 5.70. The molecule has 2 N–H and O–H groups in total. The SMILES string of the molecule is CCC(Oc1ccc(C(C)(C)C)cc1)C(=O)Nc1ccccc1C(=O)NCCCOC. The highest BCUT2D eigenvalue weighted by Crippen LogP contribution is 2.25. The number of para-hydroxylation sites is 1. The third-order valence-corrected chi connectivity index (χ3v) is 4.90. The van der Waals surface area contributed by atoms with Crippen LogP contribution in [0.25, 0.3) is 0 Å². The van der Waals surface area contributed by atoms with Gasteiger partial charge in [-0.2, -0.15) is 0 Å². The predicted octanol–water partition coefficient (Wildman–Crippen LogP) is 4.55. The standard InChI is InChI=1S/C25H34N2O4/c1-6-22(31-19-14-12-18(13-15-19)25(2,3)4)24(29)27-21-11-8-7-10-20(21)23(28)26-16-9-17-30-5/h7-8,10-15,22H,6,9,16-17H2,1-5H3,(H,26,28)(H,27,29). The Morgan fingerprint density at radius 3 is 2.32 bits per heavy atom. The molecule has 0 aromatic heterocycles. The number of anilines is 1. The maximum absolute atomic E-state index is 12.9. The Bertz CT molecular complexity index is 857. The van der Waals surface area contributed by atoms with E-state index in [2.05, 4.69) is 31.4 Å². The number of ether oxygens (including phenoxy) is 2. The zero-order chi connectivity index (χ0) is 22.9. The van der Waals surface area contributed by atoms with Crippen LogP contribution in [0.15, 0.2) is 48.5 Å². The number of rotatable bonds is 10. The number of carbonyl (C=O) groups is 2. The molecule has 0 saturated heterocycles. The number of hydrogen-bond donors (Lipinski definition) is 2. The van der Waals surface area contributed by atoms with Crippen molar-refractivity contribution in [2.75, 3.05) is 25.6 Å². The summed E-state index contributed by atoms with van der Waals surface area (Å²) in [4.78, 5) is 25.4. The lowest BCUT2D eigenvalue weighted by Gasteiger charge is -2.21. The van der Waals surface area contributed by atoms with Crippen LogP contribution >= 0.6 is 0 Å². The van der Waals surface area contributed by atoms with Crippen LogP contribution in [-0.2, 0) is 14.9 Å². The molecule has 1 unspecified atom stereocenters. The van der Waals surface area contributed by atoms with Gasteiger partial charge in [-0.25, -0.2) is 0 Å². The summed E-state index contributed by atoms with van der Waals surface area (Å²) in [6.45, 7) is 9.41. The molecule has 0 fully saturated rings. The molecule has 0 radical (unpaired) electrons. The number of carbonyl (C=O) groups excluding carboxylic acids is 2. The van der Waals surface area contributed by atoms with E-state index >= 15 is 0 Å². The molecule has 2 rings (SSSR count). The number of hydrogen-bond acceptors (Lipinski definition) is 4. The van der Waals surface area contributed by atoms with Gasteiger partial charge in [-0.05, 0) is 48.1 Å². The van der Waals surface area contributed by atoms with Gasteiger partial charge < -0.3 is 20.1 Å². The fourth-order valence-electron chi connectivity index (χ4n) is 3.04. The fraction of sp³-hybridized carbons (Fsp3) is 0.440. The monoisotopic (exact) mass is 426 g/mol. The minimum atomic E-state index is -0.668. The van der Waals surface area contributed by atoms with E-state index in [-0.39, 0.29) is 17.2 Å². The molecule has 168 valence electrons. The zero-order valence-electron chi connectivity index (χ0n) is 19.2. The quantitative estimate of drug-likeness (QED) is 0.547. The molecule has 0 aliphatic heterocycles. The van der Waals surface area contributed by atoms with Crippen LogP contribution in [-0.4, -0.2) is 38.2 Å². The van der Waals surface area contributed by atoms with Crippen molar-refractivity contribution >= 4 is 17.5 Å². The molecule has 6 heteroatoms. The number of methoxy groups -OCH3 is 1. The lowest BCUT2D eigenvalue weighted by atomic mass is 9.87. The first-order valence-electron chi connectivity index (χ1n) is 10.7. The Balaban J connectivity index is 2.05. The second kappa shape index (κ2) is 11.5. The maximum Gasteiger partial charge on any atom is 0.265 e. The molecule has 2 amide bonds. The number of amides is 2. The second-order valence-electron chi connectivity index (χ2n) is 8.43. The van der Waals surface area contributed by atoms with Crippen molar-refractivity contribution in [1.82, 2.24) is 5.32 Å². The highest BCUT2D eigenvalue weighted by Gasteiger charge is 2.21. The lowest BCUT2D eigenvalue weighted by Crippen LogP contribution is -2.33. The highest BCUT2D eigenvalue weighted by atomic mass is 16.5. The van der Waals surface area contributed by atoms with Gasteiger partial charge in [0.1, 0.15) is 5.75 Å². The van der Waals surface area contributed by atoms with E-state index < -0.39 is 6.10 Å². The van der Waals surface area contributed by atoms with Crippen LogP contribution in [0.2, 0.25) is 0 Å². The molecule has 0 aliphatic carbocycles. The Morgan fingerprint density at radius 2 is 1.71 bits per heavy atom. The van der Waals surface area contributed by atoms with E-state index in [4.69, 9.17) is 9.47 Å². The van der Waals surface area contributed by atoms with Crippen LogP contribution < -0.4 is 15.4 Å². The Labute approximate surface area is 185 Å². The molecule has 31 heavy (non-hydrogen) atoms. The molecular formula is C25H34N2O4. The van der Waals surface area contributed by atoms with E-state index in [1.54, 1.807) is 31.4 Å². The summed E-state index contributed by atoms with van der Waals surface area (Å²) < 4.78 is 10.9. The van der Waals surface area contributed by atoms with Crippen molar-refractivity contribution in [2.24, 2.45) is 0 Å². The predicted molar refractivity (Wildman–Crippen MR) is 124 cm³/mol. The zero-order valence-corrected chi connectivity index (χ0v) is 19.2. The van der Waals surface area contributed by atoms with Crippen LogP contribution in [0.3, 0.4) is 0 Å². The minimum Gasteiger partial charge on any atom is -0.481 e. The summed E-state index contributed by atoms with van der Waals surface area (Å²) >= 11 is 0. The van der Waals surface area contributed by atoms with E-state index in [0.717, 1.165) is 6.42 Å². The van der Waals surface area contributed by atoms with Crippen LogP contribution in [0.4, 0.5) is 5.69 Å². The van der Waals surface area contributed by atoms with Gasteiger partial charge in [0.15, 0.2) is 6.10 Å². The molecule has 0 saturated carbocycles. The first-order chi connectivity index (χ1) is 14.8. The number of benzene rings is 2. The Kier molecular flexibility index (Phi) is 9.06. The third kappa shape index (κ3) is 7.40. The molecule has 0 heterocycles. The third-order valence-electron chi connectivity index (χ3n) is 4.90. The van der Waals surface area contributed by atoms with Crippen molar-refractivity contribution in [2.45, 2.75) is 52.1 Å². The van der Waals surface area contributed by atoms with E-state index in [9.17, 15) is 9.59 Å². The average molecular weight is 427 g/mol. The summed E-state index contributed by atoms with van der Waals surface area (Å²) in [7, 11) is 1.62. The first kappa shape index (κ1) is 24.4. The Hall–Kier alpha value is -2.86. The highest BCUT2D eigenvalue weighted by molar-refractivity contribution is 6.04. The van der Waals surface area contributed by atoms with Crippen molar-refractivity contribution in [3.8, 4) is 5.75 Å². The van der Waals surface area contributed by atoms with Crippen molar-refractivity contribution in [3.05, 3.63) is 59.7 Å².